The van der Waals surface area contributed by atoms with Gasteiger partial charge in [-0.05, 0) is 31.7 Å². The first kappa shape index (κ1) is 15.8. The monoisotopic (exact) mass is 353 g/mol. The van der Waals surface area contributed by atoms with Crippen molar-refractivity contribution < 1.29 is 12.8 Å². The van der Waals surface area contributed by atoms with Crippen molar-refractivity contribution in [2.75, 3.05) is 11.9 Å². The van der Waals surface area contributed by atoms with E-state index in [-0.39, 0.29) is 24.9 Å². The number of rotatable bonds is 5. The zero-order valence-corrected chi connectivity index (χ0v) is 14.1. The highest BCUT2D eigenvalue weighted by Gasteiger charge is 2.42. The molecule has 2 saturated carbocycles. The highest BCUT2D eigenvalue weighted by Crippen LogP contribution is 2.34. The molecule has 0 aromatic carbocycles. The summed E-state index contributed by atoms with van der Waals surface area (Å²) < 4.78 is 39.9. The van der Waals surface area contributed by atoms with Crippen molar-refractivity contribution in [3.63, 3.8) is 0 Å². The summed E-state index contributed by atoms with van der Waals surface area (Å²) in [6, 6.07) is 2.08. The molecule has 2 fully saturated rings. The standard InChI is InChI=1S/C15H20FN5O2S/c1-21(15-13-2-3-17-14(13)18-8-19-15)11-6-10(7-11)20-24(22,23)12-4-9(16)5-12/h2-3,8-12,20H,4-7H2,1H3,(H,17,18,19)/t9-,10-,11+,12-. The third kappa shape index (κ3) is 2.65. The molecule has 2 N–H and O–H groups in total. The van der Waals surface area contributed by atoms with Crippen molar-refractivity contribution in [2.45, 2.75) is 49.2 Å². The van der Waals surface area contributed by atoms with Crippen LogP contribution < -0.4 is 9.62 Å². The Morgan fingerprint density at radius 2 is 2.04 bits per heavy atom. The van der Waals surface area contributed by atoms with Crippen LogP contribution in [0.25, 0.3) is 11.0 Å². The second-order valence-corrected chi connectivity index (χ2v) is 8.72. The second kappa shape index (κ2) is 5.66. The highest BCUT2D eigenvalue weighted by atomic mass is 32.2. The van der Waals surface area contributed by atoms with Gasteiger partial charge in [0, 0.05) is 25.3 Å². The minimum atomic E-state index is -3.40. The van der Waals surface area contributed by atoms with E-state index in [9.17, 15) is 12.8 Å². The Hall–Kier alpha value is -1.74. The quantitative estimate of drug-likeness (QED) is 0.847. The number of alkyl halides is 1. The first-order valence-corrected chi connectivity index (χ1v) is 9.65. The fraction of sp³-hybridized carbons (Fsp3) is 0.600. The topological polar surface area (TPSA) is 91.0 Å². The van der Waals surface area contributed by atoms with Crippen LogP contribution in [0.5, 0.6) is 0 Å². The van der Waals surface area contributed by atoms with E-state index in [1.54, 1.807) is 0 Å². The molecular formula is C15H20FN5O2S. The fourth-order valence-electron chi connectivity index (χ4n) is 3.40. The van der Waals surface area contributed by atoms with Gasteiger partial charge in [0.05, 0.1) is 10.6 Å². The average Bonchev–Trinajstić information content (AvgIpc) is 2.95. The molecular weight excluding hydrogens is 333 g/mol. The molecule has 2 aromatic heterocycles. The van der Waals surface area contributed by atoms with Gasteiger partial charge in [-0.2, -0.15) is 0 Å². The van der Waals surface area contributed by atoms with Crippen LogP contribution in [0.15, 0.2) is 18.6 Å². The SMILES string of the molecule is CN(c1ncnc2[nH]ccc12)[C@H]1C[C@@H](NS(=O)(=O)[C@H]2C[C@H](F)C2)C1. The fourth-order valence-corrected chi connectivity index (χ4v) is 5.17. The van der Waals surface area contributed by atoms with Crippen molar-refractivity contribution in [1.29, 1.82) is 0 Å². The molecule has 0 unspecified atom stereocenters. The number of aromatic amines is 1. The second-order valence-electron chi connectivity index (χ2n) is 6.72. The Balaban J connectivity index is 1.38. The molecule has 0 saturated heterocycles. The Morgan fingerprint density at radius 1 is 1.29 bits per heavy atom. The first-order valence-electron chi connectivity index (χ1n) is 8.10. The molecule has 0 spiro atoms. The summed E-state index contributed by atoms with van der Waals surface area (Å²) in [4.78, 5) is 13.7. The van der Waals surface area contributed by atoms with Crippen LogP contribution in [0.3, 0.4) is 0 Å². The lowest BCUT2D eigenvalue weighted by Gasteiger charge is -2.43. The molecule has 7 nitrogen and oxygen atoms in total. The smallest absolute Gasteiger partial charge is 0.214 e. The molecule has 9 heteroatoms. The summed E-state index contributed by atoms with van der Waals surface area (Å²) in [5.41, 5.74) is 0.786. The summed E-state index contributed by atoms with van der Waals surface area (Å²) in [6.45, 7) is 0. The lowest BCUT2D eigenvalue weighted by atomic mass is 9.86. The Morgan fingerprint density at radius 3 is 2.75 bits per heavy atom. The minimum absolute atomic E-state index is 0.0790. The van der Waals surface area contributed by atoms with Gasteiger partial charge in [-0.1, -0.05) is 0 Å². The average molecular weight is 353 g/mol. The molecule has 0 aliphatic heterocycles. The van der Waals surface area contributed by atoms with Gasteiger partial charge in [0.15, 0.2) is 0 Å². The lowest BCUT2D eigenvalue weighted by Crippen LogP contribution is -2.56. The molecule has 2 aliphatic carbocycles. The Labute approximate surface area is 139 Å². The molecule has 0 bridgehead atoms. The third-order valence-corrected chi connectivity index (χ3v) is 7.06. The van der Waals surface area contributed by atoms with Gasteiger partial charge in [0.2, 0.25) is 10.0 Å². The van der Waals surface area contributed by atoms with Gasteiger partial charge >= 0.3 is 0 Å². The molecule has 0 radical (unpaired) electrons. The molecule has 130 valence electrons. The molecule has 0 amide bonds. The number of nitrogens with zero attached hydrogens (tertiary/aromatic N) is 3. The maximum Gasteiger partial charge on any atom is 0.214 e. The van der Waals surface area contributed by atoms with Gasteiger partial charge in [-0.15, -0.1) is 0 Å². The largest absolute Gasteiger partial charge is 0.356 e. The van der Waals surface area contributed by atoms with E-state index >= 15 is 0 Å². The molecule has 2 heterocycles. The van der Waals surface area contributed by atoms with Crippen LogP contribution in [0.4, 0.5) is 10.2 Å². The number of nitrogens with one attached hydrogen (secondary N) is 2. The van der Waals surface area contributed by atoms with E-state index in [0.717, 1.165) is 29.7 Å². The van der Waals surface area contributed by atoms with Crippen LogP contribution in [-0.4, -0.2) is 53.9 Å². The Bertz CT molecular complexity index is 842. The number of aromatic nitrogens is 3. The minimum Gasteiger partial charge on any atom is -0.356 e. The predicted octanol–water partition coefficient (Wildman–Crippen LogP) is 1.34. The van der Waals surface area contributed by atoms with Crippen LogP contribution in [0, 0.1) is 0 Å². The van der Waals surface area contributed by atoms with E-state index in [0.29, 0.717) is 0 Å². The summed E-state index contributed by atoms with van der Waals surface area (Å²) in [5.74, 6) is 0.840. The highest BCUT2D eigenvalue weighted by molar-refractivity contribution is 7.90. The van der Waals surface area contributed by atoms with Gasteiger partial charge in [0.25, 0.3) is 0 Å². The zero-order chi connectivity index (χ0) is 16.9. The van der Waals surface area contributed by atoms with Crippen LogP contribution >= 0.6 is 0 Å². The van der Waals surface area contributed by atoms with E-state index in [1.165, 1.54) is 6.33 Å². The predicted molar refractivity (Wildman–Crippen MR) is 89.1 cm³/mol. The third-order valence-electron chi connectivity index (χ3n) is 5.13. The van der Waals surface area contributed by atoms with Crippen molar-refractivity contribution in [2.24, 2.45) is 0 Å². The number of sulfonamides is 1. The van der Waals surface area contributed by atoms with E-state index in [2.05, 4.69) is 24.6 Å². The van der Waals surface area contributed by atoms with Crippen LogP contribution in [-0.2, 0) is 10.0 Å². The molecule has 2 aromatic rings. The first-order chi connectivity index (χ1) is 11.4. The van der Waals surface area contributed by atoms with Crippen LogP contribution in [0.1, 0.15) is 25.7 Å². The van der Waals surface area contributed by atoms with Crippen molar-refractivity contribution >= 4 is 26.9 Å². The molecule has 24 heavy (non-hydrogen) atoms. The normalized spacial score (nSPS) is 29.9. The molecule has 4 rings (SSSR count). The van der Waals surface area contributed by atoms with Crippen molar-refractivity contribution in [3.8, 4) is 0 Å². The number of hydrogen-bond donors (Lipinski definition) is 2. The number of halogens is 1. The van der Waals surface area contributed by atoms with Crippen LogP contribution in [0.2, 0.25) is 0 Å². The van der Waals surface area contributed by atoms with E-state index in [4.69, 9.17) is 0 Å². The van der Waals surface area contributed by atoms with Gasteiger partial charge < -0.3 is 9.88 Å². The summed E-state index contributed by atoms with van der Waals surface area (Å²) in [5, 5.41) is 0.387. The summed E-state index contributed by atoms with van der Waals surface area (Å²) >= 11 is 0. The number of fused-ring (bicyclic) bond motifs is 1. The van der Waals surface area contributed by atoms with Gasteiger partial charge in [-0.25, -0.2) is 27.5 Å². The lowest BCUT2D eigenvalue weighted by molar-refractivity contribution is 0.211. The summed E-state index contributed by atoms with van der Waals surface area (Å²) in [6.07, 6.45) is 4.07. The summed E-state index contributed by atoms with van der Waals surface area (Å²) in [7, 11) is -1.43. The number of H-pyrrole nitrogens is 1. The number of hydrogen-bond acceptors (Lipinski definition) is 5. The van der Waals surface area contributed by atoms with E-state index < -0.39 is 21.4 Å². The van der Waals surface area contributed by atoms with Gasteiger partial charge in [0.1, 0.15) is 24.0 Å². The maximum absolute atomic E-state index is 12.9. The van der Waals surface area contributed by atoms with Crippen molar-refractivity contribution in [3.05, 3.63) is 18.6 Å². The van der Waals surface area contributed by atoms with E-state index in [1.807, 2.05) is 19.3 Å². The maximum atomic E-state index is 12.9. The number of anilines is 1. The Kier molecular flexibility index (Phi) is 3.72. The van der Waals surface area contributed by atoms with Crippen molar-refractivity contribution in [1.82, 2.24) is 19.7 Å². The zero-order valence-electron chi connectivity index (χ0n) is 13.3. The van der Waals surface area contributed by atoms with Gasteiger partial charge in [-0.3, -0.25) is 0 Å². The molecule has 0 atom stereocenters. The molecule has 2 aliphatic rings.